The summed E-state index contributed by atoms with van der Waals surface area (Å²) in [6, 6.07) is 0. The molecule has 0 aromatic carbocycles. The summed E-state index contributed by atoms with van der Waals surface area (Å²) in [7, 11) is 2.81. The lowest BCUT2D eigenvalue weighted by Gasteiger charge is -2.01. The third-order valence-corrected chi connectivity index (χ3v) is 3.47. The number of hydrogen-bond acceptors (Lipinski definition) is 2. The van der Waals surface area contributed by atoms with E-state index in [1.165, 1.54) is 83.2 Å². The van der Waals surface area contributed by atoms with Crippen molar-refractivity contribution in [1.82, 2.24) is 0 Å². The molecule has 0 saturated carbocycles. The minimum atomic E-state index is -1.50. The highest BCUT2D eigenvalue weighted by atomic mass is 31.0. The van der Waals surface area contributed by atoms with Crippen molar-refractivity contribution in [1.29, 1.82) is 0 Å². The topological polar surface area (TPSA) is 63.4 Å². The first-order valence-electron chi connectivity index (χ1n) is 7.68. The van der Waals surface area contributed by atoms with Crippen LogP contribution in [-0.4, -0.2) is 16.5 Å². The first kappa shape index (κ1) is 20.9. The SMILES string of the molecule is CCCCCCCCCCCCCCP.O=[N+]([O-])O. The normalized spacial score (nSPS) is 9.79. The monoisotopic (exact) mass is 293 g/mol. The molecular formula is C14H32NO3P. The van der Waals surface area contributed by atoms with Crippen LogP contribution in [0.15, 0.2) is 0 Å². The van der Waals surface area contributed by atoms with Gasteiger partial charge in [-0.1, -0.05) is 77.6 Å². The van der Waals surface area contributed by atoms with Gasteiger partial charge in [0.15, 0.2) is 0 Å². The van der Waals surface area contributed by atoms with Gasteiger partial charge in [0.1, 0.15) is 0 Å². The average molecular weight is 293 g/mol. The van der Waals surface area contributed by atoms with Crippen LogP contribution in [-0.2, 0) is 0 Å². The molecule has 0 aliphatic carbocycles. The molecule has 0 aliphatic rings. The highest BCUT2D eigenvalue weighted by molar-refractivity contribution is 7.16. The van der Waals surface area contributed by atoms with Crippen LogP contribution in [0.5, 0.6) is 0 Å². The minimum absolute atomic E-state index is 1.29. The maximum absolute atomic E-state index is 8.36. The van der Waals surface area contributed by atoms with Gasteiger partial charge in [0, 0.05) is 0 Å². The third kappa shape index (κ3) is 31.8. The molecule has 0 radical (unpaired) electrons. The Hall–Kier alpha value is -0.370. The summed E-state index contributed by atoms with van der Waals surface area (Å²) in [4.78, 5) is 8.36. The molecule has 0 amide bonds. The summed E-state index contributed by atoms with van der Waals surface area (Å²) < 4.78 is 0. The van der Waals surface area contributed by atoms with Crippen molar-refractivity contribution in [3.8, 4) is 0 Å². The fraction of sp³-hybridized carbons (Fsp3) is 1.00. The van der Waals surface area contributed by atoms with Crippen molar-refractivity contribution in [2.45, 2.75) is 84.0 Å². The molecule has 5 heteroatoms. The summed E-state index contributed by atoms with van der Waals surface area (Å²) in [5.41, 5.74) is 0. The van der Waals surface area contributed by atoms with Gasteiger partial charge in [-0.3, -0.25) is 0 Å². The zero-order valence-corrected chi connectivity index (χ0v) is 13.6. The Morgan fingerprint density at radius 1 is 0.842 bits per heavy atom. The van der Waals surface area contributed by atoms with Crippen LogP contribution >= 0.6 is 9.24 Å². The maximum Gasteiger partial charge on any atom is 0.291 e. The van der Waals surface area contributed by atoms with Gasteiger partial charge < -0.3 is 5.21 Å². The molecule has 0 saturated heterocycles. The fourth-order valence-electron chi connectivity index (χ4n) is 1.99. The van der Waals surface area contributed by atoms with Crippen molar-refractivity contribution in [2.75, 3.05) is 6.16 Å². The first-order chi connectivity index (χ1) is 9.15. The number of nitrogens with zero attached hydrogens (tertiary/aromatic N) is 1. The Labute approximate surface area is 120 Å². The molecule has 1 atom stereocenters. The molecule has 0 spiro atoms. The molecule has 19 heavy (non-hydrogen) atoms. The molecule has 0 heterocycles. The van der Waals surface area contributed by atoms with E-state index in [-0.39, 0.29) is 0 Å². The van der Waals surface area contributed by atoms with E-state index in [0.29, 0.717) is 0 Å². The van der Waals surface area contributed by atoms with Crippen molar-refractivity contribution in [2.24, 2.45) is 0 Å². The second-order valence-electron chi connectivity index (χ2n) is 4.92. The van der Waals surface area contributed by atoms with Crippen LogP contribution in [0.1, 0.15) is 84.0 Å². The van der Waals surface area contributed by atoms with Gasteiger partial charge in [0.05, 0.1) is 0 Å². The van der Waals surface area contributed by atoms with E-state index in [9.17, 15) is 0 Å². The van der Waals surface area contributed by atoms with Crippen molar-refractivity contribution in [3.05, 3.63) is 10.1 Å². The average Bonchev–Trinajstić information content (AvgIpc) is 2.35. The number of rotatable bonds is 12. The lowest BCUT2D eigenvalue weighted by atomic mass is 10.1. The molecule has 116 valence electrons. The van der Waals surface area contributed by atoms with Crippen LogP contribution in [0.3, 0.4) is 0 Å². The van der Waals surface area contributed by atoms with E-state index >= 15 is 0 Å². The Bertz CT molecular complexity index is 164. The summed E-state index contributed by atoms with van der Waals surface area (Å²) in [5, 5.41) is 13.6. The second kappa shape index (κ2) is 20.0. The van der Waals surface area contributed by atoms with E-state index in [2.05, 4.69) is 16.2 Å². The smallest absolute Gasteiger partial charge is 0.291 e. The Morgan fingerprint density at radius 2 is 1.11 bits per heavy atom. The lowest BCUT2D eigenvalue weighted by Crippen LogP contribution is -1.82. The van der Waals surface area contributed by atoms with Crippen LogP contribution in [0, 0.1) is 10.1 Å². The van der Waals surface area contributed by atoms with Crippen LogP contribution in [0.25, 0.3) is 0 Å². The zero-order valence-electron chi connectivity index (χ0n) is 12.5. The van der Waals surface area contributed by atoms with Gasteiger partial charge in [-0.15, -0.1) is 19.4 Å². The number of hydrogen-bond donors (Lipinski definition) is 1. The predicted molar refractivity (Wildman–Crippen MR) is 84.4 cm³/mol. The van der Waals surface area contributed by atoms with Crippen molar-refractivity contribution in [3.63, 3.8) is 0 Å². The van der Waals surface area contributed by atoms with E-state index in [1.54, 1.807) is 0 Å². The van der Waals surface area contributed by atoms with Gasteiger partial charge in [-0.2, -0.15) is 0 Å². The van der Waals surface area contributed by atoms with E-state index in [4.69, 9.17) is 15.3 Å². The van der Waals surface area contributed by atoms with Crippen LogP contribution in [0.2, 0.25) is 0 Å². The summed E-state index contributed by atoms with van der Waals surface area (Å²) >= 11 is 0. The van der Waals surface area contributed by atoms with Crippen molar-refractivity contribution >= 4 is 9.24 Å². The second-order valence-corrected chi connectivity index (χ2v) is 5.49. The third-order valence-electron chi connectivity index (χ3n) is 3.06. The van der Waals surface area contributed by atoms with E-state index in [0.717, 1.165) is 0 Å². The molecule has 0 bridgehead atoms. The van der Waals surface area contributed by atoms with Gasteiger partial charge >= 0.3 is 0 Å². The quantitative estimate of drug-likeness (QED) is 0.232. The standard InChI is InChI=1S/C14H31P.HNO3/c1-2-3-4-5-6-7-8-9-10-11-12-13-14-15;2-1(3)4/h2-15H2,1H3;(H,2,3,4). The van der Waals surface area contributed by atoms with Crippen LogP contribution < -0.4 is 0 Å². The lowest BCUT2D eigenvalue weighted by molar-refractivity contribution is -0.742. The van der Waals surface area contributed by atoms with Gasteiger partial charge in [0.25, 0.3) is 5.09 Å². The molecule has 0 rings (SSSR count). The van der Waals surface area contributed by atoms with Crippen molar-refractivity contribution < 1.29 is 10.3 Å². The fourth-order valence-corrected chi connectivity index (χ4v) is 2.27. The Morgan fingerprint density at radius 3 is 1.37 bits per heavy atom. The summed E-state index contributed by atoms with van der Waals surface area (Å²) in [5.74, 6) is 0. The Kier molecular flexibility index (Phi) is 22.0. The summed E-state index contributed by atoms with van der Waals surface area (Å²) in [6.45, 7) is 2.29. The van der Waals surface area contributed by atoms with E-state index < -0.39 is 5.09 Å². The molecule has 1 unspecified atom stereocenters. The summed E-state index contributed by atoms with van der Waals surface area (Å²) in [6.07, 6.45) is 18.7. The Balaban J connectivity index is 0. The van der Waals surface area contributed by atoms with Gasteiger partial charge in [-0.05, 0) is 12.6 Å². The molecule has 4 nitrogen and oxygen atoms in total. The molecule has 0 aromatic rings. The molecular weight excluding hydrogens is 261 g/mol. The number of unbranched alkanes of at least 4 members (excludes halogenated alkanes) is 11. The zero-order chi connectivity index (χ0) is 14.8. The highest BCUT2D eigenvalue weighted by Gasteiger charge is 1.92. The van der Waals surface area contributed by atoms with Gasteiger partial charge in [-0.25, -0.2) is 0 Å². The van der Waals surface area contributed by atoms with Crippen LogP contribution in [0.4, 0.5) is 0 Å². The minimum Gasteiger partial charge on any atom is -0.328 e. The molecule has 0 fully saturated rings. The maximum atomic E-state index is 8.36. The predicted octanol–water partition coefficient (Wildman–Crippen LogP) is 5.21. The molecule has 0 aromatic heterocycles. The molecule has 0 aliphatic heterocycles. The molecule has 1 N–H and O–H groups in total. The highest BCUT2D eigenvalue weighted by Crippen LogP contribution is 2.11. The largest absolute Gasteiger partial charge is 0.328 e. The first-order valence-corrected chi connectivity index (χ1v) is 8.50. The van der Waals surface area contributed by atoms with E-state index in [1.807, 2.05) is 0 Å². The van der Waals surface area contributed by atoms with Gasteiger partial charge in [0.2, 0.25) is 0 Å².